The molecule has 0 aromatic heterocycles. The molecule has 0 aliphatic heterocycles. The van der Waals surface area contributed by atoms with Crippen LogP contribution in [0.3, 0.4) is 0 Å². The Hall–Kier alpha value is -2.32. The van der Waals surface area contributed by atoms with Crippen molar-refractivity contribution in [1.29, 1.82) is 5.41 Å². The molecule has 0 aromatic carbocycles. The summed E-state index contributed by atoms with van der Waals surface area (Å²) in [5.41, 5.74) is 0. The van der Waals surface area contributed by atoms with Crippen molar-refractivity contribution in [1.82, 2.24) is 9.96 Å². The highest BCUT2D eigenvalue weighted by Gasteiger charge is 2.38. The summed E-state index contributed by atoms with van der Waals surface area (Å²) in [6, 6.07) is -0.989. The van der Waals surface area contributed by atoms with Gasteiger partial charge in [0.25, 0.3) is 0 Å². The zero-order valence-corrected chi connectivity index (χ0v) is 17.3. The van der Waals surface area contributed by atoms with Crippen molar-refractivity contribution in [3.8, 4) is 0 Å². The van der Waals surface area contributed by atoms with E-state index in [1.165, 1.54) is 11.9 Å². The highest BCUT2D eigenvalue weighted by atomic mass is 16.8. The molecule has 1 unspecified atom stereocenters. The van der Waals surface area contributed by atoms with Gasteiger partial charge in [0.2, 0.25) is 5.96 Å². The van der Waals surface area contributed by atoms with Gasteiger partial charge in [-0.15, -0.1) is 0 Å². The summed E-state index contributed by atoms with van der Waals surface area (Å²) in [6.45, 7) is 5.24. The Balaban J connectivity index is 3.00. The lowest BCUT2D eigenvalue weighted by molar-refractivity contribution is -0.174. The second kappa shape index (κ2) is 11.5. The molecule has 1 amide bonds. The molecule has 0 bridgehead atoms. The Morgan fingerprint density at radius 1 is 1.18 bits per heavy atom. The zero-order chi connectivity index (χ0) is 21.3. The van der Waals surface area contributed by atoms with Crippen LogP contribution in [0.2, 0.25) is 0 Å². The van der Waals surface area contributed by atoms with Crippen LogP contribution >= 0.6 is 0 Å². The highest BCUT2D eigenvalue weighted by molar-refractivity contribution is 5.94. The third-order valence-corrected chi connectivity index (χ3v) is 4.83. The third kappa shape index (κ3) is 6.69. The number of unbranched alkanes of at least 4 members (excludes halogenated alkanes) is 1. The average Bonchev–Trinajstić information content (AvgIpc) is 2.65. The first-order valence-corrected chi connectivity index (χ1v) is 9.93. The summed E-state index contributed by atoms with van der Waals surface area (Å²) in [5, 5.41) is 18.5. The topological polar surface area (TPSA) is 120 Å². The van der Waals surface area contributed by atoms with E-state index in [1.807, 2.05) is 6.92 Å². The van der Waals surface area contributed by atoms with E-state index in [1.54, 1.807) is 13.8 Å². The van der Waals surface area contributed by atoms with Crippen LogP contribution in [-0.2, 0) is 19.2 Å². The first-order chi connectivity index (χ1) is 13.2. The number of ether oxygens (including phenoxy) is 1. The van der Waals surface area contributed by atoms with Gasteiger partial charge in [0, 0.05) is 7.05 Å². The molecule has 0 spiro atoms. The number of guanidine groups is 1. The Kier molecular flexibility index (Phi) is 9.75. The van der Waals surface area contributed by atoms with Crippen LogP contribution in [0.1, 0.15) is 65.7 Å². The average molecular weight is 399 g/mol. The number of amides is 1. The van der Waals surface area contributed by atoms with Gasteiger partial charge in [0.1, 0.15) is 6.04 Å². The van der Waals surface area contributed by atoms with Crippen LogP contribution in [0.4, 0.5) is 4.79 Å². The van der Waals surface area contributed by atoms with Gasteiger partial charge in [-0.1, -0.05) is 51.5 Å². The fraction of sp³-hybridized carbons (Fsp3) is 0.789. The highest BCUT2D eigenvalue weighted by Crippen LogP contribution is 2.29. The molecule has 9 nitrogen and oxygen atoms in total. The molecule has 1 saturated carbocycles. The van der Waals surface area contributed by atoms with Crippen molar-refractivity contribution >= 4 is 24.0 Å². The Bertz CT molecular complexity index is 560. The standard InChI is InChI=1S/C19H33N3O6/c1-5-6-12-27-19(26)22(28-17(25)13(2)3)18(20)21(4)15(16(23)24)14-10-8-7-9-11-14/h13-15,20H,5-12H2,1-4H3,(H,23,24). The number of hydrogen-bond acceptors (Lipinski definition) is 6. The first kappa shape index (κ1) is 23.7. The minimum absolute atomic E-state index is 0.118. The molecule has 1 fully saturated rings. The molecule has 0 aromatic rings. The van der Waals surface area contributed by atoms with Gasteiger partial charge in [0.15, 0.2) is 0 Å². The summed E-state index contributed by atoms with van der Waals surface area (Å²) in [5.74, 6) is -3.00. The first-order valence-electron chi connectivity index (χ1n) is 9.93. The van der Waals surface area contributed by atoms with E-state index in [2.05, 4.69) is 0 Å². The van der Waals surface area contributed by atoms with E-state index in [4.69, 9.17) is 15.0 Å². The lowest BCUT2D eigenvalue weighted by Gasteiger charge is -2.36. The summed E-state index contributed by atoms with van der Waals surface area (Å²) in [7, 11) is 1.42. The van der Waals surface area contributed by atoms with Crippen LogP contribution < -0.4 is 0 Å². The van der Waals surface area contributed by atoms with Crippen LogP contribution in [-0.4, -0.2) is 58.8 Å². The number of hydroxylamine groups is 2. The molecule has 1 aliphatic rings. The number of nitrogens with one attached hydrogen (secondary N) is 1. The summed E-state index contributed by atoms with van der Waals surface area (Å²) >= 11 is 0. The molecule has 0 saturated heterocycles. The van der Waals surface area contributed by atoms with Crippen LogP contribution in [0.25, 0.3) is 0 Å². The fourth-order valence-electron chi connectivity index (χ4n) is 3.13. The second-order valence-electron chi connectivity index (χ2n) is 7.44. The van der Waals surface area contributed by atoms with Gasteiger partial charge >= 0.3 is 18.0 Å². The minimum Gasteiger partial charge on any atom is -0.480 e. The van der Waals surface area contributed by atoms with Crippen molar-refractivity contribution in [3.63, 3.8) is 0 Å². The number of likely N-dealkylation sites (N-methyl/N-ethyl adjacent to an activating group) is 1. The molecule has 2 N–H and O–H groups in total. The molecular formula is C19H33N3O6. The van der Waals surface area contributed by atoms with E-state index < -0.39 is 36.0 Å². The molecule has 1 aliphatic carbocycles. The predicted octanol–water partition coefficient (Wildman–Crippen LogP) is 3.24. The zero-order valence-electron chi connectivity index (χ0n) is 17.3. The Morgan fingerprint density at radius 2 is 1.79 bits per heavy atom. The Morgan fingerprint density at radius 3 is 2.29 bits per heavy atom. The van der Waals surface area contributed by atoms with Crippen molar-refractivity contribution in [2.24, 2.45) is 11.8 Å². The molecule has 0 radical (unpaired) electrons. The maximum Gasteiger partial charge on any atom is 0.451 e. The van der Waals surface area contributed by atoms with Gasteiger partial charge in [-0.3, -0.25) is 5.41 Å². The van der Waals surface area contributed by atoms with E-state index in [9.17, 15) is 19.5 Å². The molecule has 9 heteroatoms. The van der Waals surface area contributed by atoms with Crippen molar-refractivity contribution in [2.75, 3.05) is 13.7 Å². The fourth-order valence-corrected chi connectivity index (χ4v) is 3.13. The summed E-state index contributed by atoms with van der Waals surface area (Å²) in [4.78, 5) is 42.6. The molecule has 1 atom stereocenters. The number of carboxylic acids is 1. The second-order valence-corrected chi connectivity index (χ2v) is 7.44. The summed E-state index contributed by atoms with van der Waals surface area (Å²) < 4.78 is 5.08. The number of carbonyl (C=O) groups is 3. The van der Waals surface area contributed by atoms with Crippen molar-refractivity contribution < 1.29 is 29.1 Å². The number of aliphatic carboxylic acids is 1. The van der Waals surface area contributed by atoms with Gasteiger partial charge in [-0.2, -0.15) is 0 Å². The quantitative estimate of drug-likeness (QED) is 0.292. The van der Waals surface area contributed by atoms with Crippen molar-refractivity contribution in [3.05, 3.63) is 0 Å². The monoisotopic (exact) mass is 399 g/mol. The smallest absolute Gasteiger partial charge is 0.451 e. The van der Waals surface area contributed by atoms with Crippen LogP contribution in [0, 0.1) is 17.2 Å². The Labute approximate surface area is 166 Å². The molecule has 28 heavy (non-hydrogen) atoms. The number of carbonyl (C=O) groups excluding carboxylic acids is 2. The predicted molar refractivity (Wildman–Crippen MR) is 103 cm³/mol. The maximum atomic E-state index is 12.4. The normalized spacial score (nSPS) is 15.6. The number of rotatable bonds is 7. The number of carboxylic acid groups (broad SMARTS) is 1. The van der Waals surface area contributed by atoms with E-state index in [0.29, 0.717) is 11.5 Å². The van der Waals surface area contributed by atoms with Crippen molar-refractivity contribution in [2.45, 2.75) is 71.8 Å². The lowest BCUT2D eigenvalue weighted by Crippen LogP contribution is -2.54. The van der Waals surface area contributed by atoms with E-state index in [-0.39, 0.29) is 12.5 Å². The molecule has 0 heterocycles. The van der Waals surface area contributed by atoms with Gasteiger partial charge < -0.3 is 19.6 Å². The van der Waals surface area contributed by atoms with E-state index in [0.717, 1.165) is 38.5 Å². The summed E-state index contributed by atoms with van der Waals surface area (Å²) in [6.07, 6.45) is 4.82. The lowest BCUT2D eigenvalue weighted by atomic mass is 9.83. The molecule has 1 rings (SSSR count). The molecular weight excluding hydrogens is 366 g/mol. The van der Waals surface area contributed by atoms with Crippen LogP contribution in [0.5, 0.6) is 0 Å². The van der Waals surface area contributed by atoms with Gasteiger partial charge in [0.05, 0.1) is 12.5 Å². The van der Waals surface area contributed by atoms with Gasteiger partial charge in [-0.25, -0.2) is 14.4 Å². The molecule has 160 valence electrons. The maximum absolute atomic E-state index is 12.4. The van der Waals surface area contributed by atoms with Crippen LogP contribution in [0.15, 0.2) is 0 Å². The number of hydrogen-bond donors (Lipinski definition) is 2. The van der Waals surface area contributed by atoms with E-state index >= 15 is 0 Å². The SMILES string of the molecule is CCCCOC(=O)N(OC(=O)C(C)C)C(=N)N(C)C(C(=O)O)C1CCCCC1. The number of nitrogens with zero attached hydrogens (tertiary/aromatic N) is 2. The third-order valence-electron chi connectivity index (χ3n) is 4.83. The minimum atomic E-state index is -1.08. The largest absolute Gasteiger partial charge is 0.480 e. The van der Waals surface area contributed by atoms with Gasteiger partial charge in [-0.05, 0) is 25.2 Å².